The normalized spacial score (nSPS) is 13.0. The lowest BCUT2D eigenvalue weighted by molar-refractivity contribution is -0.869. The number of likely N-dealkylation sites (N-methyl/N-ethyl adjacent to an activating group) is 1. The number of nitrogens with zero attached hydrogens (tertiary/aromatic N) is 4. The van der Waals surface area contributed by atoms with Crippen LogP contribution in [-0.2, 0) is 11.3 Å². The van der Waals surface area contributed by atoms with Gasteiger partial charge in [0.1, 0.15) is 5.75 Å². The SMILES string of the molecule is Cc1c(Cl)cccc1OCCCC(=O)N1CCSc2c(-c3cnn(Cc4cccc(C(=O)NCC[N+](C)(C)C)c4)c3)cccc21. The summed E-state index contributed by atoms with van der Waals surface area (Å²) in [4.78, 5) is 29.0. The Morgan fingerprint density at radius 3 is 2.71 bits per heavy atom. The van der Waals surface area contributed by atoms with E-state index in [-0.39, 0.29) is 11.8 Å². The van der Waals surface area contributed by atoms with Crippen molar-refractivity contribution < 1.29 is 18.8 Å². The Kier molecular flexibility index (Phi) is 10.5. The van der Waals surface area contributed by atoms with Crippen molar-refractivity contribution in [1.29, 1.82) is 0 Å². The summed E-state index contributed by atoms with van der Waals surface area (Å²) >= 11 is 7.97. The van der Waals surface area contributed by atoms with Crippen molar-refractivity contribution in [2.45, 2.75) is 31.2 Å². The van der Waals surface area contributed by atoms with Gasteiger partial charge in [0.25, 0.3) is 5.91 Å². The molecule has 236 valence electrons. The van der Waals surface area contributed by atoms with E-state index in [0.29, 0.717) is 49.7 Å². The van der Waals surface area contributed by atoms with E-state index in [2.05, 4.69) is 37.6 Å². The molecule has 2 heterocycles. The van der Waals surface area contributed by atoms with Crippen molar-refractivity contribution in [2.24, 2.45) is 0 Å². The highest BCUT2D eigenvalue weighted by molar-refractivity contribution is 7.99. The Labute approximate surface area is 274 Å². The standard InChI is InChI=1S/C35H40ClN5O3S/c1-25-30(36)12-7-14-32(25)44-19-8-15-33(42)40-17-20-45-34-29(11-6-13-31(34)40)28-22-38-39(24-28)23-26-9-5-10-27(21-26)35(43)37-16-18-41(2,3)4/h5-7,9-14,21-22,24H,8,15-20,23H2,1-4H3/p+1. The third kappa shape index (κ3) is 8.48. The van der Waals surface area contributed by atoms with E-state index >= 15 is 0 Å². The first-order valence-corrected chi connectivity index (χ1v) is 16.6. The first-order chi connectivity index (χ1) is 21.6. The van der Waals surface area contributed by atoms with Gasteiger partial charge in [-0.05, 0) is 49.2 Å². The highest BCUT2D eigenvalue weighted by atomic mass is 35.5. The lowest BCUT2D eigenvalue weighted by Gasteiger charge is -2.30. The zero-order valence-corrected chi connectivity index (χ0v) is 28.0. The maximum absolute atomic E-state index is 13.3. The Hall–Kier alpha value is -3.79. The second kappa shape index (κ2) is 14.5. The molecular formula is C35H41ClN5O3S+. The van der Waals surface area contributed by atoms with Crippen LogP contribution in [0, 0.1) is 6.92 Å². The van der Waals surface area contributed by atoms with Gasteiger partial charge in [-0.3, -0.25) is 14.3 Å². The number of carbonyl (C=O) groups excluding carboxylic acids is 2. The molecule has 0 spiro atoms. The summed E-state index contributed by atoms with van der Waals surface area (Å²) in [6.45, 7) is 5.08. The minimum Gasteiger partial charge on any atom is -0.493 e. The first-order valence-electron chi connectivity index (χ1n) is 15.2. The number of quaternary nitrogens is 1. The summed E-state index contributed by atoms with van der Waals surface area (Å²) in [5.41, 5.74) is 5.55. The van der Waals surface area contributed by atoms with Crippen molar-refractivity contribution in [2.75, 3.05) is 58.0 Å². The number of benzene rings is 3. The number of thioether (sulfide) groups is 1. The fourth-order valence-corrected chi connectivity index (χ4v) is 6.52. The minimum absolute atomic E-state index is 0.0674. The Bertz CT molecular complexity index is 1670. The number of aromatic nitrogens is 2. The molecule has 3 aromatic carbocycles. The molecule has 0 unspecified atom stereocenters. The second-order valence-corrected chi connectivity index (χ2v) is 13.8. The first kappa shape index (κ1) is 32.6. The van der Waals surface area contributed by atoms with Gasteiger partial charge in [-0.1, -0.05) is 41.9 Å². The molecule has 5 rings (SSSR count). The molecule has 45 heavy (non-hydrogen) atoms. The molecule has 1 aromatic heterocycles. The van der Waals surface area contributed by atoms with E-state index < -0.39 is 0 Å². The molecule has 0 saturated heterocycles. The lowest BCUT2D eigenvalue weighted by atomic mass is 10.1. The number of nitrogens with one attached hydrogen (secondary N) is 1. The molecule has 8 nitrogen and oxygen atoms in total. The fourth-order valence-electron chi connectivity index (χ4n) is 5.21. The van der Waals surface area contributed by atoms with E-state index in [1.807, 2.05) is 83.5 Å². The number of hydrogen-bond donors (Lipinski definition) is 1. The molecule has 0 bridgehead atoms. The van der Waals surface area contributed by atoms with Crippen LogP contribution in [0.4, 0.5) is 5.69 Å². The van der Waals surface area contributed by atoms with Crippen LogP contribution in [0.5, 0.6) is 5.75 Å². The molecule has 0 fully saturated rings. The van der Waals surface area contributed by atoms with E-state index in [0.717, 1.165) is 55.4 Å². The molecule has 1 aliphatic rings. The number of carbonyl (C=O) groups is 2. The van der Waals surface area contributed by atoms with Crippen LogP contribution in [0.15, 0.2) is 78.0 Å². The van der Waals surface area contributed by atoms with Gasteiger partial charge in [0.05, 0.1) is 59.3 Å². The van der Waals surface area contributed by atoms with E-state index in [9.17, 15) is 9.59 Å². The molecule has 1 aliphatic heterocycles. The number of halogens is 1. The lowest BCUT2D eigenvalue weighted by Crippen LogP contribution is -2.41. The topological polar surface area (TPSA) is 76.5 Å². The Balaban J connectivity index is 1.22. The van der Waals surface area contributed by atoms with Gasteiger partial charge in [0, 0.05) is 57.1 Å². The Morgan fingerprint density at radius 2 is 1.89 bits per heavy atom. The maximum atomic E-state index is 13.3. The molecular weight excluding hydrogens is 606 g/mol. The number of ether oxygens (including phenoxy) is 1. The minimum atomic E-state index is -0.0674. The maximum Gasteiger partial charge on any atom is 0.251 e. The van der Waals surface area contributed by atoms with Crippen LogP contribution in [0.3, 0.4) is 0 Å². The number of anilines is 1. The highest BCUT2D eigenvalue weighted by Crippen LogP contribution is 2.42. The van der Waals surface area contributed by atoms with Crippen molar-refractivity contribution in [3.63, 3.8) is 0 Å². The fraction of sp³-hybridized carbons (Fsp3) is 0.343. The van der Waals surface area contributed by atoms with Gasteiger partial charge in [-0.2, -0.15) is 5.10 Å². The smallest absolute Gasteiger partial charge is 0.251 e. The van der Waals surface area contributed by atoms with Gasteiger partial charge in [0.15, 0.2) is 0 Å². The average Bonchev–Trinajstić information content (AvgIpc) is 3.48. The van der Waals surface area contributed by atoms with Crippen LogP contribution in [0.2, 0.25) is 5.02 Å². The summed E-state index contributed by atoms with van der Waals surface area (Å²) in [6, 6.07) is 19.4. The van der Waals surface area contributed by atoms with Gasteiger partial charge in [-0.15, -0.1) is 11.8 Å². The number of fused-ring (bicyclic) bond motifs is 1. The van der Waals surface area contributed by atoms with Crippen LogP contribution < -0.4 is 15.0 Å². The van der Waals surface area contributed by atoms with Gasteiger partial charge in [0.2, 0.25) is 5.91 Å². The summed E-state index contributed by atoms with van der Waals surface area (Å²) in [5.74, 6) is 1.61. The number of rotatable bonds is 12. The summed E-state index contributed by atoms with van der Waals surface area (Å²) in [5, 5.41) is 8.32. The third-order valence-corrected chi connectivity index (χ3v) is 9.22. The van der Waals surface area contributed by atoms with Crippen molar-refractivity contribution in [3.05, 3.63) is 94.8 Å². The molecule has 2 amide bonds. The van der Waals surface area contributed by atoms with Crippen molar-refractivity contribution in [3.8, 4) is 16.9 Å². The number of amides is 2. The molecule has 1 N–H and O–H groups in total. The largest absolute Gasteiger partial charge is 0.493 e. The van der Waals surface area contributed by atoms with Crippen molar-refractivity contribution in [1.82, 2.24) is 15.1 Å². The monoisotopic (exact) mass is 646 g/mol. The van der Waals surface area contributed by atoms with Crippen LogP contribution in [0.25, 0.3) is 11.1 Å². The third-order valence-electron chi connectivity index (χ3n) is 7.70. The number of hydrogen-bond acceptors (Lipinski definition) is 5. The van der Waals surface area contributed by atoms with Crippen LogP contribution in [0.1, 0.15) is 34.3 Å². The molecule has 0 atom stereocenters. The van der Waals surface area contributed by atoms with Crippen LogP contribution >= 0.6 is 23.4 Å². The zero-order chi connectivity index (χ0) is 32.0. The van der Waals surface area contributed by atoms with Gasteiger partial charge >= 0.3 is 0 Å². The van der Waals surface area contributed by atoms with Gasteiger partial charge in [-0.25, -0.2) is 0 Å². The molecule has 0 saturated carbocycles. The summed E-state index contributed by atoms with van der Waals surface area (Å²) in [6.07, 6.45) is 4.92. The van der Waals surface area contributed by atoms with E-state index in [1.165, 1.54) is 0 Å². The highest BCUT2D eigenvalue weighted by Gasteiger charge is 2.25. The Morgan fingerprint density at radius 1 is 1.09 bits per heavy atom. The second-order valence-electron chi connectivity index (χ2n) is 12.3. The van der Waals surface area contributed by atoms with Gasteiger partial charge < -0.3 is 19.4 Å². The molecule has 0 aliphatic carbocycles. The van der Waals surface area contributed by atoms with Crippen LogP contribution in [-0.4, -0.2) is 79.2 Å². The molecule has 10 heteroatoms. The summed E-state index contributed by atoms with van der Waals surface area (Å²) in [7, 11) is 6.31. The quantitative estimate of drug-likeness (QED) is 0.145. The molecule has 0 radical (unpaired) electrons. The average molecular weight is 647 g/mol. The van der Waals surface area contributed by atoms with Crippen molar-refractivity contribution >= 4 is 40.9 Å². The van der Waals surface area contributed by atoms with E-state index in [1.54, 1.807) is 11.8 Å². The molecule has 4 aromatic rings. The zero-order valence-electron chi connectivity index (χ0n) is 26.4. The predicted octanol–water partition coefficient (Wildman–Crippen LogP) is 6.29. The van der Waals surface area contributed by atoms with E-state index in [4.69, 9.17) is 16.3 Å². The predicted molar refractivity (Wildman–Crippen MR) is 182 cm³/mol. The summed E-state index contributed by atoms with van der Waals surface area (Å²) < 4.78 is 8.58.